The van der Waals surface area contributed by atoms with Crippen LogP contribution in [-0.4, -0.2) is 72.9 Å². The average Bonchev–Trinajstić information content (AvgIpc) is 2.87. The summed E-state index contributed by atoms with van der Waals surface area (Å²) in [4.78, 5) is 42.0. The van der Waals surface area contributed by atoms with E-state index < -0.39 is 5.41 Å². The van der Waals surface area contributed by atoms with Gasteiger partial charge in [0.15, 0.2) is 0 Å². The van der Waals surface area contributed by atoms with Crippen molar-refractivity contribution in [3.8, 4) is 5.75 Å². The number of nitrogens with zero attached hydrogens (tertiary/aromatic N) is 2. The van der Waals surface area contributed by atoms with Gasteiger partial charge in [0, 0.05) is 51.3 Å². The lowest BCUT2D eigenvalue weighted by atomic mass is 9.74. The van der Waals surface area contributed by atoms with Crippen molar-refractivity contribution in [2.24, 2.45) is 11.3 Å². The maximum atomic E-state index is 13.2. The Labute approximate surface area is 214 Å². The number of carbonyl (C=O) groups excluding carboxylic acids is 3. The zero-order valence-corrected chi connectivity index (χ0v) is 21.6. The van der Waals surface area contributed by atoms with Crippen molar-refractivity contribution < 1.29 is 19.1 Å². The molecule has 3 aliphatic heterocycles. The summed E-state index contributed by atoms with van der Waals surface area (Å²) in [6.07, 6.45) is 7.93. The first-order valence-electron chi connectivity index (χ1n) is 13.3. The van der Waals surface area contributed by atoms with Gasteiger partial charge in [0.1, 0.15) is 5.75 Å². The summed E-state index contributed by atoms with van der Waals surface area (Å²) in [6, 6.07) is 8.29. The molecule has 2 fully saturated rings. The van der Waals surface area contributed by atoms with Crippen LogP contribution in [-0.2, 0) is 20.9 Å². The number of benzene rings is 1. The van der Waals surface area contributed by atoms with E-state index in [-0.39, 0.29) is 30.3 Å². The molecule has 0 radical (unpaired) electrons. The number of carbonyl (C=O) groups is 3. The Morgan fingerprint density at radius 1 is 1.14 bits per heavy atom. The summed E-state index contributed by atoms with van der Waals surface area (Å²) in [7, 11) is 0. The van der Waals surface area contributed by atoms with Gasteiger partial charge in [-0.3, -0.25) is 19.3 Å². The van der Waals surface area contributed by atoms with Crippen molar-refractivity contribution >= 4 is 17.7 Å². The van der Waals surface area contributed by atoms with Gasteiger partial charge in [-0.2, -0.15) is 0 Å². The standard InChI is InChI=1S/C28H40N4O4/c1-3-36-25-10-5-4-9-23(25)20-31-15-11-24-22(19-31)8-6-7-12-28(27(35)29-18-26(34)30-24)13-16-32(17-14-28)21(2)33/h4-7,9-10,22,24H,3,8,11-20H2,1-2H3,(H,29,35)(H,30,34)/b7-6+/t22-,24+/m0/s1. The van der Waals surface area contributed by atoms with E-state index in [1.165, 1.54) is 5.56 Å². The van der Waals surface area contributed by atoms with Gasteiger partial charge >= 0.3 is 0 Å². The molecule has 2 saturated heterocycles. The van der Waals surface area contributed by atoms with E-state index in [4.69, 9.17) is 4.74 Å². The van der Waals surface area contributed by atoms with Crippen LogP contribution in [0.5, 0.6) is 5.75 Å². The number of rotatable bonds is 4. The Morgan fingerprint density at radius 3 is 2.67 bits per heavy atom. The van der Waals surface area contributed by atoms with Gasteiger partial charge in [0.2, 0.25) is 17.7 Å². The molecular weight excluding hydrogens is 456 g/mol. The van der Waals surface area contributed by atoms with Gasteiger partial charge in [0.05, 0.1) is 18.6 Å². The molecule has 2 atom stereocenters. The van der Waals surface area contributed by atoms with Crippen molar-refractivity contribution in [1.82, 2.24) is 20.4 Å². The number of amides is 3. The summed E-state index contributed by atoms with van der Waals surface area (Å²) in [5.41, 5.74) is 0.621. The van der Waals surface area contributed by atoms with Crippen LogP contribution in [0.15, 0.2) is 36.4 Å². The summed E-state index contributed by atoms with van der Waals surface area (Å²) in [6.45, 7) is 7.97. The zero-order chi connectivity index (χ0) is 25.5. The number of fused-ring (bicyclic) bond motifs is 1. The van der Waals surface area contributed by atoms with E-state index in [1.54, 1.807) is 11.8 Å². The normalized spacial score (nSPS) is 26.1. The predicted molar refractivity (Wildman–Crippen MR) is 138 cm³/mol. The first-order valence-corrected chi connectivity index (χ1v) is 13.3. The van der Waals surface area contributed by atoms with E-state index >= 15 is 0 Å². The summed E-state index contributed by atoms with van der Waals surface area (Å²) < 4.78 is 5.82. The molecule has 8 heteroatoms. The minimum atomic E-state index is -0.567. The summed E-state index contributed by atoms with van der Waals surface area (Å²) >= 11 is 0. The second kappa shape index (κ2) is 11.9. The highest BCUT2D eigenvalue weighted by molar-refractivity contribution is 5.88. The predicted octanol–water partition coefficient (Wildman–Crippen LogP) is 2.49. The van der Waals surface area contributed by atoms with Crippen LogP contribution in [0.2, 0.25) is 0 Å². The third-order valence-electron chi connectivity index (χ3n) is 8.00. The molecule has 1 aromatic rings. The highest BCUT2D eigenvalue weighted by Crippen LogP contribution is 2.36. The fourth-order valence-corrected chi connectivity index (χ4v) is 5.81. The van der Waals surface area contributed by atoms with Crippen molar-refractivity contribution in [2.45, 2.75) is 58.5 Å². The summed E-state index contributed by atoms with van der Waals surface area (Å²) in [5.74, 6) is 1.07. The molecule has 3 heterocycles. The number of likely N-dealkylation sites (tertiary alicyclic amines) is 2. The number of piperidine rings is 2. The van der Waals surface area contributed by atoms with E-state index in [9.17, 15) is 14.4 Å². The van der Waals surface area contributed by atoms with Crippen LogP contribution >= 0.6 is 0 Å². The van der Waals surface area contributed by atoms with Crippen molar-refractivity contribution in [2.75, 3.05) is 39.3 Å². The second-order valence-corrected chi connectivity index (χ2v) is 10.4. The lowest BCUT2D eigenvalue weighted by Gasteiger charge is -2.41. The largest absolute Gasteiger partial charge is 0.494 e. The van der Waals surface area contributed by atoms with Crippen molar-refractivity contribution in [1.29, 1.82) is 0 Å². The molecule has 4 rings (SSSR count). The van der Waals surface area contributed by atoms with Crippen LogP contribution in [0.25, 0.3) is 0 Å². The smallest absolute Gasteiger partial charge is 0.239 e. The first kappa shape index (κ1) is 26.2. The van der Waals surface area contributed by atoms with E-state index in [0.29, 0.717) is 44.9 Å². The van der Waals surface area contributed by atoms with E-state index in [2.05, 4.69) is 39.8 Å². The number of hydrogen-bond donors (Lipinski definition) is 2. The lowest BCUT2D eigenvalue weighted by molar-refractivity contribution is -0.140. The van der Waals surface area contributed by atoms with Gasteiger partial charge in [-0.15, -0.1) is 0 Å². The number of ether oxygens (including phenoxy) is 1. The molecule has 0 bridgehead atoms. The highest BCUT2D eigenvalue weighted by Gasteiger charge is 2.41. The van der Waals surface area contributed by atoms with Gasteiger partial charge in [0.25, 0.3) is 0 Å². The fourth-order valence-electron chi connectivity index (χ4n) is 5.81. The Kier molecular flexibility index (Phi) is 8.67. The maximum absolute atomic E-state index is 13.2. The Balaban J connectivity index is 1.44. The lowest BCUT2D eigenvalue weighted by Crippen LogP contribution is -2.54. The van der Waals surface area contributed by atoms with Gasteiger partial charge in [-0.05, 0) is 51.0 Å². The van der Waals surface area contributed by atoms with Crippen LogP contribution in [0, 0.1) is 11.3 Å². The highest BCUT2D eigenvalue weighted by atomic mass is 16.5. The van der Waals surface area contributed by atoms with Crippen LogP contribution < -0.4 is 15.4 Å². The molecule has 2 N–H and O–H groups in total. The molecule has 0 aromatic heterocycles. The second-order valence-electron chi connectivity index (χ2n) is 10.4. The minimum absolute atomic E-state index is 0.00458. The molecule has 0 unspecified atom stereocenters. The fraction of sp³-hybridized carbons (Fsp3) is 0.607. The molecule has 3 aliphatic rings. The maximum Gasteiger partial charge on any atom is 0.239 e. The average molecular weight is 497 g/mol. The molecule has 0 saturated carbocycles. The zero-order valence-electron chi connectivity index (χ0n) is 21.6. The van der Waals surface area contributed by atoms with Gasteiger partial charge in [-0.1, -0.05) is 30.4 Å². The first-order chi connectivity index (χ1) is 17.4. The molecule has 8 nitrogen and oxygen atoms in total. The van der Waals surface area contributed by atoms with Gasteiger partial charge in [-0.25, -0.2) is 0 Å². The molecule has 0 aliphatic carbocycles. The van der Waals surface area contributed by atoms with Crippen molar-refractivity contribution in [3.05, 3.63) is 42.0 Å². The van der Waals surface area contributed by atoms with Crippen LogP contribution in [0.3, 0.4) is 0 Å². The molecule has 1 aromatic carbocycles. The number of hydrogen-bond acceptors (Lipinski definition) is 5. The number of nitrogens with one attached hydrogen (secondary N) is 2. The Morgan fingerprint density at radius 2 is 1.92 bits per heavy atom. The quantitative estimate of drug-likeness (QED) is 0.625. The molecule has 196 valence electrons. The van der Waals surface area contributed by atoms with E-state index in [0.717, 1.165) is 38.2 Å². The molecular formula is C28H40N4O4. The van der Waals surface area contributed by atoms with E-state index in [1.807, 2.05) is 19.1 Å². The van der Waals surface area contributed by atoms with Crippen LogP contribution in [0.1, 0.15) is 51.5 Å². The third kappa shape index (κ3) is 6.27. The molecule has 1 spiro atoms. The Hall–Kier alpha value is -2.87. The summed E-state index contributed by atoms with van der Waals surface area (Å²) in [5, 5.41) is 6.09. The van der Waals surface area contributed by atoms with Crippen LogP contribution in [0.4, 0.5) is 0 Å². The Bertz CT molecular complexity index is 970. The van der Waals surface area contributed by atoms with Crippen molar-refractivity contribution in [3.63, 3.8) is 0 Å². The number of allylic oxidation sites excluding steroid dienone is 2. The monoisotopic (exact) mass is 496 g/mol. The topological polar surface area (TPSA) is 91.0 Å². The molecule has 3 amide bonds. The molecule has 36 heavy (non-hydrogen) atoms. The minimum Gasteiger partial charge on any atom is -0.494 e. The van der Waals surface area contributed by atoms with Gasteiger partial charge < -0.3 is 20.3 Å². The number of para-hydroxylation sites is 1. The SMILES string of the molecule is CCOc1ccccc1CN1CC[C@H]2NC(=O)CNC(=O)C3(C/C=C/C[C@H]2C1)CCN(C(C)=O)CC3. The third-order valence-corrected chi connectivity index (χ3v) is 8.00.